The normalized spacial score (nSPS) is 21.7. The Balaban J connectivity index is 1.45. The molecule has 1 aliphatic heterocycles. The Kier molecular flexibility index (Phi) is 8.16. The summed E-state index contributed by atoms with van der Waals surface area (Å²) < 4.78 is 0. The van der Waals surface area contributed by atoms with Crippen LogP contribution in [0.1, 0.15) is 105 Å². The van der Waals surface area contributed by atoms with Crippen molar-refractivity contribution in [2.45, 2.75) is 90.9 Å². The molecule has 1 aliphatic carbocycles. The lowest BCUT2D eigenvalue weighted by molar-refractivity contribution is -0.131. The van der Waals surface area contributed by atoms with Crippen LogP contribution in [0.25, 0.3) is 0 Å². The van der Waals surface area contributed by atoms with Gasteiger partial charge in [0.25, 0.3) is 11.8 Å². The summed E-state index contributed by atoms with van der Waals surface area (Å²) in [5.41, 5.74) is 1.80. The second kappa shape index (κ2) is 11.6. The van der Waals surface area contributed by atoms with Crippen molar-refractivity contribution in [1.29, 1.82) is 0 Å². The van der Waals surface area contributed by atoms with Gasteiger partial charge in [-0.1, -0.05) is 70.4 Å². The van der Waals surface area contributed by atoms with E-state index in [2.05, 4.69) is 58.5 Å². The van der Waals surface area contributed by atoms with Gasteiger partial charge in [0.1, 0.15) is 11.4 Å². The molecule has 3 aromatic rings. The molecule has 0 radical (unpaired) electrons. The van der Waals surface area contributed by atoms with Crippen molar-refractivity contribution >= 4 is 28.9 Å². The van der Waals surface area contributed by atoms with E-state index in [-0.39, 0.29) is 29.8 Å². The average Bonchev–Trinajstić information content (AvgIpc) is 3.74. The molecule has 1 fully saturated rings. The van der Waals surface area contributed by atoms with Crippen LogP contribution in [-0.4, -0.2) is 48.7 Å². The number of hydrogen-bond donors (Lipinski definition) is 2. The third-order valence-corrected chi connectivity index (χ3v) is 9.26. The van der Waals surface area contributed by atoms with Crippen LogP contribution in [0.4, 0.5) is 0 Å². The van der Waals surface area contributed by atoms with Gasteiger partial charge in [0, 0.05) is 5.56 Å². The second-order valence-electron chi connectivity index (χ2n) is 12.0. The van der Waals surface area contributed by atoms with Crippen LogP contribution in [-0.2, 0) is 11.3 Å². The van der Waals surface area contributed by atoms with Gasteiger partial charge in [-0.25, -0.2) is 4.99 Å². The number of carbonyl (C=O) groups is 2. The largest absolute Gasteiger partial charge is 0.345 e. The molecule has 2 aromatic heterocycles. The number of rotatable bonds is 10. The van der Waals surface area contributed by atoms with Crippen molar-refractivity contribution in [3.05, 3.63) is 63.6 Å². The third kappa shape index (κ3) is 5.73. The number of carbonyl (C=O) groups excluding carboxylic acids is 2. The SMILES string of the molecule is CCCCC[C@H](c1ccc(C(=O)NCc2nn[nH]n2)cc1)N1C(=O)C(c2cccs2)=NC12CCC(C(C)(C)C)C2. The first-order valence-electron chi connectivity index (χ1n) is 14.3. The fraction of sp³-hybridized carbons (Fsp3) is 0.533. The van der Waals surface area contributed by atoms with E-state index in [9.17, 15) is 9.59 Å². The van der Waals surface area contributed by atoms with Crippen LogP contribution in [0.15, 0.2) is 46.8 Å². The van der Waals surface area contributed by atoms with Crippen LogP contribution in [0.5, 0.6) is 0 Å². The molecular formula is C30H39N7O2S. The van der Waals surface area contributed by atoms with E-state index in [1.54, 1.807) is 11.3 Å². The van der Waals surface area contributed by atoms with Gasteiger partial charge in [-0.2, -0.15) is 5.21 Å². The molecule has 10 heteroatoms. The third-order valence-electron chi connectivity index (χ3n) is 8.38. The number of nitrogens with one attached hydrogen (secondary N) is 2. The van der Waals surface area contributed by atoms with Crippen molar-refractivity contribution in [2.75, 3.05) is 0 Å². The van der Waals surface area contributed by atoms with Gasteiger partial charge in [0.15, 0.2) is 5.82 Å². The molecular weight excluding hydrogens is 522 g/mol. The van der Waals surface area contributed by atoms with Crippen molar-refractivity contribution in [2.24, 2.45) is 16.3 Å². The average molecular weight is 562 g/mol. The first kappa shape index (κ1) is 28.1. The van der Waals surface area contributed by atoms with Crippen molar-refractivity contribution < 1.29 is 9.59 Å². The van der Waals surface area contributed by atoms with Gasteiger partial charge in [-0.3, -0.25) is 9.59 Å². The van der Waals surface area contributed by atoms with E-state index in [0.29, 0.717) is 23.0 Å². The molecule has 1 aromatic carbocycles. The number of aromatic amines is 1. The predicted molar refractivity (Wildman–Crippen MR) is 156 cm³/mol. The summed E-state index contributed by atoms with van der Waals surface area (Å²) in [7, 11) is 0. The minimum atomic E-state index is -0.536. The molecule has 9 nitrogen and oxygen atoms in total. The van der Waals surface area contributed by atoms with Crippen molar-refractivity contribution in [3.8, 4) is 0 Å². The van der Waals surface area contributed by atoms with E-state index < -0.39 is 5.66 Å². The summed E-state index contributed by atoms with van der Waals surface area (Å²) in [6.45, 7) is 9.27. The number of aromatic nitrogens is 4. The minimum Gasteiger partial charge on any atom is -0.345 e. The van der Waals surface area contributed by atoms with Gasteiger partial charge in [0.2, 0.25) is 0 Å². The lowest BCUT2D eigenvalue weighted by Gasteiger charge is -2.40. The van der Waals surface area contributed by atoms with E-state index in [1.165, 1.54) is 0 Å². The highest BCUT2D eigenvalue weighted by molar-refractivity contribution is 7.13. The van der Waals surface area contributed by atoms with Gasteiger partial charge < -0.3 is 10.2 Å². The molecule has 3 atom stereocenters. The van der Waals surface area contributed by atoms with Crippen LogP contribution in [0, 0.1) is 11.3 Å². The monoisotopic (exact) mass is 561 g/mol. The van der Waals surface area contributed by atoms with Crippen LogP contribution < -0.4 is 5.32 Å². The number of nitrogens with zero attached hydrogens (tertiary/aromatic N) is 5. The van der Waals surface area contributed by atoms with Crippen molar-refractivity contribution in [3.63, 3.8) is 0 Å². The number of aliphatic imine (C=N–C) groups is 1. The van der Waals surface area contributed by atoms with E-state index in [4.69, 9.17) is 4.99 Å². The molecule has 5 rings (SSSR count). The van der Waals surface area contributed by atoms with E-state index in [1.807, 2.05) is 41.8 Å². The number of unbranched alkanes of at least 4 members (excludes halogenated alkanes) is 2. The number of benzene rings is 1. The summed E-state index contributed by atoms with van der Waals surface area (Å²) in [6.07, 6.45) is 6.88. The summed E-state index contributed by atoms with van der Waals surface area (Å²) in [5, 5.41) is 18.5. The highest BCUT2D eigenvalue weighted by Gasteiger charge is 2.55. The van der Waals surface area contributed by atoms with E-state index in [0.717, 1.165) is 55.4 Å². The lowest BCUT2D eigenvalue weighted by Crippen LogP contribution is -2.48. The highest BCUT2D eigenvalue weighted by atomic mass is 32.1. The summed E-state index contributed by atoms with van der Waals surface area (Å²) in [5.74, 6) is 0.724. The van der Waals surface area contributed by atoms with Gasteiger partial charge in [-0.05, 0) is 66.2 Å². The fourth-order valence-corrected chi connectivity index (χ4v) is 6.80. The molecule has 3 heterocycles. The molecule has 1 saturated carbocycles. The van der Waals surface area contributed by atoms with E-state index >= 15 is 0 Å². The Labute approximate surface area is 239 Å². The zero-order valence-corrected chi connectivity index (χ0v) is 24.6. The lowest BCUT2D eigenvalue weighted by atomic mass is 9.79. The maximum Gasteiger partial charge on any atom is 0.276 e. The molecule has 212 valence electrons. The Morgan fingerprint density at radius 2 is 2.02 bits per heavy atom. The maximum atomic E-state index is 14.3. The van der Waals surface area contributed by atoms with Gasteiger partial charge >= 0.3 is 0 Å². The van der Waals surface area contributed by atoms with Crippen LogP contribution in [0.3, 0.4) is 0 Å². The minimum absolute atomic E-state index is 0.0282. The highest BCUT2D eigenvalue weighted by Crippen LogP contribution is 2.52. The molecule has 2 aliphatic rings. The number of thiophene rings is 1. The Bertz CT molecular complexity index is 1330. The molecule has 1 spiro atoms. The summed E-state index contributed by atoms with van der Waals surface area (Å²) >= 11 is 1.57. The predicted octanol–water partition coefficient (Wildman–Crippen LogP) is 5.69. The van der Waals surface area contributed by atoms with Crippen LogP contribution in [0.2, 0.25) is 0 Å². The summed E-state index contributed by atoms with van der Waals surface area (Å²) in [6, 6.07) is 11.6. The number of amides is 2. The standard InChI is InChI=1S/C30H39N7O2S/c1-5-6-7-9-23(20-11-13-21(14-12-20)27(38)31-19-25-33-35-36-34-25)37-28(39)26(24-10-8-17-40-24)32-30(37)16-15-22(18-30)29(2,3)4/h8,10-14,17,22-23H,5-7,9,15-16,18-19H2,1-4H3,(H,31,38)(H,33,34,35,36)/t22?,23-,30?/m1/s1. The fourth-order valence-electron chi connectivity index (χ4n) is 6.09. The molecule has 2 N–H and O–H groups in total. The second-order valence-corrected chi connectivity index (χ2v) is 13.0. The number of tetrazole rings is 1. The quantitative estimate of drug-likeness (QED) is 0.309. The topological polar surface area (TPSA) is 116 Å². The number of hydrogen-bond acceptors (Lipinski definition) is 7. The van der Waals surface area contributed by atoms with Gasteiger partial charge in [0.05, 0.1) is 17.5 Å². The molecule has 2 unspecified atom stereocenters. The zero-order valence-electron chi connectivity index (χ0n) is 23.8. The van der Waals surface area contributed by atoms with Gasteiger partial charge in [-0.15, -0.1) is 21.5 Å². The van der Waals surface area contributed by atoms with Crippen molar-refractivity contribution in [1.82, 2.24) is 30.8 Å². The number of H-pyrrole nitrogens is 1. The Hall–Kier alpha value is -3.40. The zero-order chi connectivity index (χ0) is 28.3. The molecule has 0 bridgehead atoms. The van der Waals surface area contributed by atoms with Crippen LogP contribution >= 0.6 is 11.3 Å². The maximum absolute atomic E-state index is 14.3. The smallest absolute Gasteiger partial charge is 0.276 e. The Morgan fingerprint density at radius 1 is 1.23 bits per heavy atom. The molecule has 40 heavy (non-hydrogen) atoms. The first-order chi connectivity index (χ1) is 19.2. The molecule has 0 saturated heterocycles. The Morgan fingerprint density at radius 3 is 2.65 bits per heavy atom. The summed E-state index contributed by atoms with van der Waals surface area (Å²) in [4.78, 5) is 35.4. The molecule has 2 amide bonds. The first-order valence-corrected chi connectivity index (χ1v) is 15.2.